The Balaban J connectivity index is 0. The summed E-state index contributed by atoms with van der Waals surface area (Å²) in [6.07, 6.45) is 15.4. The summed E-state index contributed by atoms with van der Waals surface area (Å²) in [6, 6.07) is 0. The van der Waals surface area contributed by atoms with Crippen LogP contribution in [0, 0.1) is 0 Å². The fraction of sp³-hybridized carbons (Fsp3) is 0.786. The Morgan fingerprint density at radius 2 is 1.47 bits per heavy atom. The van der Waals surface area contributed by atoms with Crippen LogP contribution in [0.1, 0.15) is 71.1 Å². The topological polar surface area (TPSA) is 37.3 Å². The SMILES string of the molecule is CCCC/C=C\CCCCCCCC(=O)O.[GaH3]. The third-order valence-electron chi connectivity index (χ3n) is 2.65. The maximum absolute atomic E-state index is 10.3. The van der Waals surface area contributed by atoms with Gasteiger partial charge in [-0.05, 0) is 25.7 Å². The number of carboxylic acid groups (broad SMARTS) is 1. The van der Waals surface area contributed by atoms with Gasteiger partial charge in [-0.2, -0.15) is 0 Å². The fourth-order valence-electron chi connectivity index (χ4n) is 1.63. The van der Waals surface area contributed by atoms with E-state index in [0.717, 1.165) is 12.8 Å². The molecule has 100 valence electrons. The third-order valence-corrected chi connectivity index (χ3v) is 2.65. The van der Waals surface area contributed by atoms with E-state index < -0.39 is 5.97 Å². The van der Waals surface area contributed by atoms with Crippen LogP contribution in [0.3, 0.4) is 0 Å². The van der Waals surface area contributed by atoms with Gasteiger partial charge in [0.2, 0.25) is 0 Å². The molecule has 2 nitrogen and oxygen atoms in total. The van der Waals surface area contributed by atoms with Gasteiger partial charge in [0, 0.05) is 6.42 Å². The number of aliphatic carboxylic acids is 1. The molecule has 0 aromatic heterocycles. The van der Waals surface area contributed by atoms with Gasteiger partial charge in [-0.1, -0.05) is 51.2 Å². The molecule has 0 bridgehead atoms. The molecule has 0 aliphatic carbocycles. The van der Waals surface area contributed by atoms with Crippen molar-refractivity contribution in [1.82, 2.24) is 0 Å². The van der Waals surface area contributed by atoms with E-state index in [4.69, 9.17) is 5.11 Å². The summed E-state index contributed by atoms with van der Waals surface area (Å²) in [5.74, 6) is -0.668. The van der Waals surface area contributed by atoms with E-state index >= 15 is 0 Å². The van der Waals surface area contributed by atoms with Crippen LogP contribution in [0.2, 0.25) is 0 Å². The van der Waals surface area contributed by atoms with Crippen molar-refractivity contribution in [2.75, 3.05) is 0 Å². The Labute approximate surface area is 119 Å². The molecule has 0 heterocycles. The third kappa shape index (κ3) is 18.4. The molecule has 0 atom stereocenters. The minimum atomic E-state index is -0.668. The van der Waals surface area contributed by atoms with E-state index in [-0.39, 0.29) is 19.8 Å². The van der Waals surface area contributed by atoms with Gasteiger partial charge in [0.15, 0.2) is 0 Å². The predicted molar refractivity (Wildman–Crippen MR) is 78.6 cm³/mol. The Kier molecular flexibility index (Phi) is 17.9. The van der Waals surface area contributed by atoms with Crippen LogP contribution in [-0.2, 0) is 4.79 Å². The zero-order valence-electron chi connectivity index (χ0n) is 10.6. The monoisotopic (exact) mass is 298 g/mol. The van der Waals surface area contributed by atoms with Crippen molar-refractivity contribution in [3.63, 3.8) is 0 Å². The quantitative estimate of drug-likeness (QED) is 0.361. The van der Waals surface area contributed by atoms with Crippen LogP contribution in [0.25, 0.3) is 0 Å². The van der Waals surface area contributed by atoms with Crippen molar-refractivity contribution in [2.45, 2.75) is 71.1 Å². The number of carbonyl (C=O) groups is 1. The molecule has 0 amide bonds. The van der Waals surface area contributed by atoms with Crippen LogP contribution in [-0.4, -0.2) is 30.9 Å². The molecule has 0 saturated carbocycles. The van der Waals surface area contributed by atoms with Crippen LogP contribution in [0.4, 0.5) is 0 Å². The number of unbranched alkanes of at least 4 members (excludes halogenated alkanes) is 7. The second-order valence-electron chi connectivity index (χ2n) is 4.31. The molecular formula is C14H29GaO2. The Morgan fingerprint density at radius 3 is 2.06 bits per heavy atom. The molecule has 0 fully saturated rings. The molecule has 0 unspecified atom stereocenters. The van der Waals surface area contributed by atoms with Crippen molar-refractivity contribution in [1.29, 1.82) is 0 Å². The number of hydrogen-bond donors (Lipinski definition) is 1. The van der Waals surface area contributed by atoms with Crippen molar-refractivity contribution < 1.29 is 9.90 Å². The summed E-state index contributed by atoms with van der Waals surface area (Å²) >= 11 is 0. The average Bonchev–Trinajstić information content (AvgIpc) is 2.25. The summed E-state index contributed by atoms with van der Waals surface area (Å²) in [5, 5.41) is 8.45. The molecule has 0 saturated heterocycles. The average molecular weight is 299 g/mol. The zero-order valence-corrected chi connectivity index (χ0v) is 10.6. The van der Waals surface area contributed by atoms with Gasteiger partial charge < -0.3 is 5.11 Å². The maximum atomic E-state index is 10.3. The van der Waals surface area contributed by atoms with Gasteiger partial charge in [-0.15, -0.1) is 0 Å². The Hall–Kier alpha value is -0.154. The number of allylic oxidation sites excluding steroid dienone is 2. The second kappa shape index (κ2) is 15.8. The van der Waals surface area contributed by atoms with E-state index in [0.29, 0.717) is 6.42 Å². The van der Waals surface area contributed by atoms with Gasteiger partial charge in [-0.3, -0.25) is 4.79 Å². The van der Waals surface area contributed by atoms with Gasteiger partial charge in [0.05, 0.1) is 0 Å². The summed E-state index contributed by atoms with van der Waals surface area (Å²) in [5.41, 5.74) is 0. The number of hydrogen-bond acceptors (Lipinski definition) is 1. The second-order valence-corrected chi connectivity index (χ2v) is 4.31. The molecule has 0 aromatic carbocycles. The molecule has 0 aliphatic heterocycles. The Bertz CT molecular complexity index is 191. The van der Waals surface area contributed by atoms with Crippen molar-refractivity contribution in [3.05, 3.63) is 12.2 Å². The summed E-state index contributed by atoms with van der Waals surface area (Å²) in [4.78, 5) is 10.3. The zero-order chi connectivity index (χ0) is 12.1. The van der Waals surface area contributed by atoms with E-state index in [1.165, 1.54) is 44.9 Å². The van der Waals surface area contributed by atoms with Crippen LogP contribution >= 0.6 is 0 Å². The van der Waals surface area contributed by atoms with Crippen molar-refractivity contribution >= 4 is 25.8 Å². The fourth-order valence-corrected chi connectivity index (χ4v) is 1.63. The predicted octanol–water partition coefficient (Wildman–Crippen LogP) is 3.36. The van der Waals surface area contributed by atoms with E-state index in [9.17, 15) is 4.79 Å². The summed E-state index contributed by atoms with van der Waals surface area (Å²) < 4.78 is 0. The van der Waals surface area contributed by atoms with E-state index in [1.807, 2.05) is 0 Å². The Morgan fingerprint density at radius 1 is 0.941 bits per heavy atom. The normalized spacial score (nSPS) is 10.4. The van der Waals surface area contributed by atoms with Crippen LogP contribution < -0.4 is 0 Å². The number of rotatable bonds is 11. The molecular weight excluding hydrogens is 270 g/mol. The first-order valence-electron chi connectivity index (χ1n) is 6.64. The molecule has 0 spiro atoms. The standard InChI is InChI=1S/C14H26O2.Ga.3H/c1-2-3-4-5-6-7-8-9-10-11-12-13-14(15)16;;;;/h5-6H,2-4,7-13H2,1H3,(H,15,16);;;;/b6-5-;;;;. The first-order valence-corrected chi connectivity index (χ1v) is 6.64. The van der Waals surface area contributed by atoms with Gasteiger partial charge in [-0.25, -0.2) is 0 Å². The molecule has 3 heteroatoms. The molecule has 17 heavy (non-hydrogen) atoms. The minimum absolute atomic E-state index is 0. The van der Waals surface area contributed by atoms with E-state index in [2.05, 4.69) is 19.1 Å². The van der Waals surface area contributed by atoms with Gasteiger partial charge >= 0.3 is 25.8 Å². The molecule has 1 N–H and O–H groups in total. The van der Waals surface area contributed by atoms with Crippen LogP contribution in [0.5, 0.6) is 0 Å². The first-order chi connectivity index (χ1) is 7.77. The molecule has 0 aliphatic rings. The molecule has 0 radical (unpaired) electrons. The van der Waals surface area contributed by atoms with Crippen molar-refractivity contribution in [2.24, 2.45) is 0 Å². The van der Waals surface area contributed by atoms with Crippen LogP contribution in [0.15, 0.2) is 12.2 Å². The van der Waals surface area contributed by atoms with E-state index in [1.54, 1.807) is 0 Å². The van der Waals surface area contributed by atoms with Gasteiger partial charge in [0.1, 0.15) is 0 Å². The first kappa shape index (κ1) is 19.2. The van der Waals surface area contributed by atoms with Gasteiger partial charge in [0.25, 0.3) is 0 Å². The summed E-state index contributed by atoms with van der Waals surface area (Å²) in [6.45, 7) is 2.21. The molecule has 0 aromatic rings. The summed E-state index contributed by atoms with van der Waals surface area (Å²) in [7, 11) is 0. The van der Waals surface area contributed by atoms with Crippen molar-refractivity contribution in [3.8, 4) is 0 Å². The number of carboxylic acids is 1. The molecule has 0 rings (SSSR count).